The number of nitrogens with two attached hydrogens (primary N) is 1. The number of amidine groups is 1. The molecular weight excluding hydrogens is 364 g/mol. The summed E-state index contributed by atoms with van der Waals surface area (Å²) in [5.41, 5.74) is 6.03. The standard InChI is InChI=1S/C19H26N4O5/c1-13(12-16(24)25)23-10-9-22(18(26)19(23)27)8-2-3-11-28-15-6-4-14(5-7-15)17(20)21/h4-7,13H,2-3,8-12H2,1H3,(H3,20,21)(H,24,25). The highest BCUT2D eigenvalue weighted by Crippen LogP contribution is 2.14. The molecule has 0 aromatic heterocycles. The monoisotopic (exact) mass is 390 g/mol. The Morgan fingerprint density at radius 2 is 1.89 bits per heavy atom. The Morgan fingerprint density at radius 3 is 2.50 bits per heavy atom. The minimum atomic E-state index is -0.994. The van der Waals surface area contributed by atoms with Crippen molar-refractivity contribution in [1.82, 2.24) is 9.80 Å². The maximum absolute atomic E-state index is 12.2. The van der Waals surface area contributed by atoms with Crippen molar-refractivity contribution in [2.45, 2.75) is 32.2 Å². The topological polar surface area (TPSA) is 137 Å². The number of nitrogens with zero attached hydrogens (tertiary/aromatic N) is 2. The third-order valence-corrected chi connectivity index (χ3v) is 4.60. The average Bonchev–Trinajstić information content (AvgIpc) is 2.64. The maximum Gasteiger partial charge on any atom is 0.312 e. The number of carboxylic acid groups (broad SMARTS) is 1. The van der Waals surface area contributed by atoms with E-state index in [4.69, 9.17) is 21.0 Å². The fourth-order valence-corrected chi connectivity index (χ4v) is 3.01. The highest BCUT2D eigenvalue weighted by atomic mass is 16.5. The van der Waals surface area contributed by atoms with Gasteiger partial charge in [0.05, 0.1) is 13.0 Å². The van der Waals surface area contributed by atoms with Gasteiger partial charge < -0.3 is 25.4 Å². The van der Waals surface area contributed by atoms with Crippen molar-refractivity contribution in [3.05, 3.63) is 29.8 Å². The van der Waals surface area contributed by atoms with E-state index in [2.05, 4.69) is 0 Å². The molecule has 1 unspecified atom stereocenters. The summed E-state index contributed by atoms with van der Waals surface area (Å²) < 4.78 is 5.62. The molecule has 0 aliphatic carbocycles. The predicted molar refractivity (Wildman–Crippen MR) is 102 cm³/mol. The van der Waals surface area contributed by atoms with Crippen LogP contribution in [0.4, 0.5) is 0 Å². The van der Waals surface area contributed by atoms with Crippen LogP contribution in [0.15, 0.2) is 24.3 Å². The van der Waals surface area contributed by atoms with Gasteiger partial charge in [-0.25, -0.2) is 0 Å². The van der Waals surface area contributed by atoms with Crippen LogP contribution in [0, 0.1) is 5.41 Å². The van der Waals surface area contributed by atoms with Crippen LogP contribution < -0.4 is 10.5 Å². The number of piperazine rings is 1. The van der Waals surface area contributed by atoms with E-state index < -0.39 is 23.8 Å². The van der Waals surface area contributed by atoms with Gasteiger partial charge in [0.25, 0.3) is 0 Å². The normalized spacial score (nSPS) is 15.5. The lowest BCUT2D eigenvalue weighted by Crippen LogP contribution is -2.57. The molecule has 4 N–H and O–H groups in total. The third-order valence-electron chi connectivity index (χ3n) is 4.60. The predicted octanol–water partition coefficient (Wildman–Crippen LogP) is 0.664. The Labute approximate surface area is 163 Å². The molecule has 1 aliphatic heterocycles. The summed E-state index contributed by atoms with van der Waals surface area (Å²) >= 11 is 0. The van der Waals surface area contributed by atoms with Crippen molar-refractivity contribution in [2.24, 2.45) is 5.73 Å². The Bertz CT molecular complexity index is 734. The minimum absolute atomic E-state index is 0.00298. The molecule has 0 bridgehead atoms. The first-order valence-electron chi connectivity index (χ1n) is 9.18. The molecule has 9 heteroatoms. The van der Waals surface area contributed by atoms with Gasteiger partial charge in [-0.2, -0.15) is 0 Å². The van der Waals surface area contributed by atoms with Crippen molar-refractivity contribution < 1.29 is 24.2 Å². The molecule has 152 valence electrons. The number of nitrogen functional groups attached to an aromatic ring is 1. The summed E-state index contributed by atoms with van der Waals surface area (Å²) in [6, 6.07) is 6.42. The van der Waals surface area contributed by atoms with Gasteiger partial charge in [0.15, 0.2) is 0 Å². The van der Waals surface area contributed by atoms with Gasteiger partial charge in [0, 0.05) is 31.2 Å². The molecule has 1 saturated heterocycles. The summed E-state index contributed by atoms with van der Waals surface area (Å²) in [4.78, 5) is 38.1. The van der Waals surface area contributed by atoms with Crippen molar-refractivity contribution in [2.75, 3.05) is 26.2 Å². The molecule has 0 saturated carbocycles. The van der Waals surface area contributed by atoms with Gasteiger partial charge in [-0.05, 0) is 44.0 Å². The number of rotatable bonds is 10. The van der Waals surface area contributed by atoms with E-state index in [9.17, 15) is 14.4 Å². The SMILES string of the molecule is CC(CC(=O)O)N1CCN(CCCCOc2ccc(C(=N)N)cc2)C(=O)C1=O. The Kier molecular flexibility index (Phi) is 7.36. The van der Waals surface area contributed by atoms with Crippen LogP contribution in [0.2, 0.25) is 0 Å². The zero-order valence-corrected chi connectivity index (χ0v) is 15.9. The van der Waals surface area contributed by atoms with Crippen LogP contribution in [0.25, 0.3) is 0 Å². The first-order chi connectivity index (χ1) is 13.3. The molecule has 1 heterocycles. The van der Waals surface area contributed by atoms with Gasteiger partial charge >= 0.3 is 17.8 Å². The number of carbonyl (C=O) groups is 3. The number of nitrogens with one attached hydrogen (secondary N) is 1. The van der Waals surface area contributed by atoms with Crippen LogP contribution in [-0.4, -0.2) is 70.8 Å². The van der Waals surface area contributed by atoms with Crippen LogP contribution >= 0.6 is 0 Å². The number of carboxylic acids is 1. The van der Waals surface area contributed by atoms with Crippen molar-refractivity contribution in [3.63, 3.8) is 0 Å². The molecule has 2 rings (SSSR count). The van der Waals surface area contributed by atoms with E-state index in [0.29, 0.717) is 50.4 Å². The molecule has 1 aliphatic rings. The Balaban J connectivity index is 1.71. The zero-order chi connectivity index (χ0) is 20.7. The molecule has 0 radical (unpaired) electrons. The second-order valence-electron chi connectivity index (χ2n) is 6.73. The molecule has 1 aromatic carbocycles. The maximum atomic E-state index is 12.2. The Morgan fingerprint density at radius 1 is 1.21 bits per heavy atom. The number of hydrogen-bond acceptors (Lipinski definition) is 5. The van der Waals surface area contributed by atoms with Crippen molar-refractivity contribution in [3.8, 4) is 5.75 Å². The van der Waals surface area contributed by atoms with Gasteiger partial charge in [-0.3, -0.25) is 19.8 Å². The average molecular weight is 390 g/mol. The second kappa shape index (κ2) is 9.72. The van der Waals surface area contributed by atoms with Crippen molar-refractivity contribution >= 4 is 23.6 Å². The lowest BCUT2D eigenvalue weighted by Gasteiger charge is -2.36. The number of amides is 2. The van der Waals surface area contributed by atoms with Gasteiger partial charge in [0.2, 0.25) is 0 Å². The number of ether oxygens (including phenoxy) is 1. The third kappa shape index (κ3) is 5.70. The smallest absolute Gasteiger partial charge is 0.312 e. The van der Waals surface area contributed by atoms with Gasteiger partial charge in [-0.1, -0.05) is 0 Å². The summed E-state index contributed by atoms with van der Waals surface area (Å²) in [6.45, 7) is 3.31. The van der Waals surface area contributed by atoms with Crippen LogP contribution in [0.3, 0.4) is 0 Å². The van der Waals surface area contributed by atoms with E-state index >= 15 is 0 Å². The first-order valence-corrected chi connectivity index (χ1v) is 9.18. The molecule has 1 atom stereocenters. The molecule has 9 nitrogen and oxygen atoms in total. The summed E-state index contributed by atoms with van der Waals surface area (Å²) in [5, 5.41) is 16.2. The fraction of sp³-hybridized carbons (Fsp3) is 0.474. The van der Waals surface area contributed by atoms with E-state index in [0.717, 1.165) is 0 Å². The van der Waals surface area contributed by atoms with Gasteiger partial charge in [0.1, 0.15) is 11.6 Å². The lowest BCUT2D eigenvalue weighted by molar-refractivity contribution is -0.158. The summed E-state index contributed by atoms with van der Waals surface area (Å²) in [7, 11) is 0. The zero-order valence-electron chi connectivity index (χ0n) is 15.9. The highest BCUT2D eigenvalue weighted by Gasteiger charge is 2.35. The number of benzene rings is 1. The number of unbranched alkanes of at least 4 members (excludes halogenated alkanes) is 1. The van der Waals surface area contributed by atoms with E-state index in [1.165, 1.54) is 9.80 Å². The largest absolute Gasteiger partial charge is 0.494 e. The van der Waals surface area contributed by atoms with E-state index in [-0.39, 0.29) is 12.3 Å². The number of hydrogen-bond donors (Lipinski definition) is 3. The fourth-order valence-electron chi connectivity index (χ4n) is 3.01. The number of aliphatic carboxylic acids is 1. The summed E-state index contributed by atoms with van der Waals surface area (Å²) in [5.74, 6) is -1.53. The molecule has 1 fully saturated rings. The second-order valence-corrected chi connectivity index (χ2v) is 6.73. The molecule has 28 heavy (non-hydrogen) atoms. The highest BCUT2D eigenvalue weighted by molar-refractivity contribution is 6.35. The van der Waals surface area contributed by atoms with Crippen molar-refractivity contribution in [1.29, 1.82) is 5.41 Å². The van der Waals surface area contributed by atoms with E-state index in [1.807, 2.05) is 0 Å². The van der Waals surface area contributed by atoms with Gasteiger partial charge in [-0.15, -0.1) is 0 Å². The summed E-state index contributed by atoms with van der Waals surface area (Å²) in [6.07, 6.45) is 1.23. The van der Waals surface area contributed by atoms with Crippen LogP contribution in [-0.2, 0) is 14.4 Å². The number of carbonyl (C=O) groups excluding carboxylic acids is 2. The lowest BCUT2D eigenvalue weighted by atomic mass is 10.1. The molecule has 1 aromatic rings. The van der Waals surface area contributed by atoms with E-state index in [1.54, 1.807) is 31.2 Å². The molecule has 2 amide bonds. The minimum Gasteiger partial charge on any atom is -0.494 e. The quantitative estimate of drug-likeness (QED) is 0.232. The molecular formula is C19H26N4O5. The first kappa shape index (κ1) is 21.2. The van der Waals surface area contributed by atoms with Crippen LogP contribution in [0.1, 0.15) is 31.7 Å². The van der Waals surface area contributed by atoms with Crippen LogP contribution in [0.5, 0.6) is 5.75 Å². The Hall–Kier alpha value is -3.10. The molecule has 0 spiro atoms.